The van der Waals surface area contributed by atoms with E-state index in [2.05, 4.69) is 11.1 Å². The van der Waals surface area contributed by atoms with Crippen LogP contribution in [0.15, 0.2) is 70.1 Å². The average molecular weight is 481 g/mol. The molecule has 4 aromatic rings. The van der Waals surface area contributed by atoms with Crippen molar-refractivity contribution in [1.29, 1.82) is 5.26 Å². The van der Waals surface area contributed by atoms with E-state index in [-0.39, 0.29) is 30.7 Å². The van der Waals surface area contributed by atoms with Gasteiger partial charge in [-0.25, -0.2) is 4.99 Å². The number of nitro benzene ring substituents is 1. The molecule has 36 heavy (non-hydrogen) atoms. The second-order valence-corrected chi connectivity index (χ2v) is 7.84. The molecule has 0 bridgehead atoms. The van der Waals surface area contributed by atoms with Gasteiger partial charge in [-0.3, -0.25) is 10.1 Å². The van der Waals surface area contributed by atoms with Crippen molar-refractivity contribution in [3.8, 4) is 51.5 Å². The maximum atomic E-state index is 10.9. The van der Waals surface area contributed by atoms with Crippen molar-refractivity contribution in [2.75, 3.05) is 13.6 Å². The molecule has 3 heterocycles. The Bertz CT molecular complexity index is 1580. The second-order valence-electron chi connectivity index (χ2n) is 7.84. The van der Waals surface area contributed by atoms with E-state index in [0.717, 1.165) is 0 Å². The summed E-state index contributed by atoms with van der Waals surface area (Å²) in [6.07, 6.45) is 1.48. The van der Waals surface area contributed by atoms with Crippen molar-refractivity contribution in [3.05, 3.63) is 81.9 Å². The van der Waals surface area contributed by atoms with Crippen molar-refractivity contribution in [3.63, 3.8) is 0 Å². The van der Waals surface area contributed by atoms with Crippen LogP contribution in [0.3, 0.4) is 0 Å². The van der Waals surface area contributed by atoms with Crippen molar-refractivity contribution in [2.24, 2.45) is 4.99 Å². The van der Waals surface area contributed by atoms with Gasteiger partial charge >= 0.3 is 0 Å². The van der Waals surface area contributed by atoms with Crippen LogP contribution >= 0.6 is 0 Å². The first-order chi connectivity index (χ1) is 17.6. The number of nitrogens with zero attached hydrogens (tertiary/aromatic N) is 3. The van der Waals surface area contributed by atoms with Gasteiger partial charge in [0.2, 0.25) is 19.5 Å². The summed E-state index contributed by atoms with van der Waals surface area (Å²) in [5, 5.41) is 21.0. The van der Waals surface area contributed by atoms with Crippen LogP contribution in [0.2, 0.25) is 0 Å². The van der Waals surface area contributed by atoms with Crippen LogP contribution < -0.4 is 18.9 Å². The third-order valence-electron chi connectivity index (χ3n) is 5.73. The van der Waals surface area contributed by atoms with E-state index in [1.807, 2.05) is 12.1 Å². The second kappa shape index (κ2) is 8.48. The number of hydrogen-bond acceptors (Lipinski definition) is 9. The fourth-order valence-electron chi connectivity index (χ4n) is 4.00. The average Bonchev–Trinajstić information content (AvgIpc) is 3.64. The van der Waals surface area contributed by atoms with E-state index in [1.165, 1.54) is 18.3 Å². The first-order valence-electron chi connectivity index (χ1n) is 10.8. The summed E-state index contributed by atoms with van der Waals surface area (Å²) >= 11 is 0. The lowest BCUT2D eigenvalue weighted by Crippen LogP contribution is -1.93. The fraction of sp³-hybridized carbons (Fsp3) is 0.0769. The normalized spacial score (nSPS) is 13.2. The van der Waals surface area contributed by atoms with Crippen molar-refractivity contribution in [1.82, 2.24) is 0 Å². The minimum absolute atomic E-state index is 0.0296. The summed E-state index contributed by atoms with van der Waals surface area (Å²) in [7, 11) is 0. The number of ether oxygens (including phenoxy) is 4. The molecule has 2 aliphatic rings. The van der Waals surface area contributed by atoms with Gasteiger partial charge in [0.15, 0.2) is 23.0 Å². The van der Waals surface area contributed by atoms with Gasteiger partial charge < -0.3 is 23.4 Å². The summed E-state index contributed by atoms with van der Waals surface area (Å²) in [5.74, 6) is 2.87. The quantitative estimate of drug-likeness (QED) is 0.205. The zero-order valence-electron chi connectivity index (χ0n) is 18.5. The molecule has 10 nitrogen and oxygen atoms in total. The van der Waals surface area contributed by atoms with Crippen molar-refractivity contribution >= 4 is 17.8 Å². The minimum Gasteiger partial charge on any atom is -0.454 e. The smallest absolute Gasteiger partial charge is 0.269 e. The maximum absolute atomic E-state index is 10.9. The highest BCUT2D eigenvalue weighted by Crippen LogP contribution is 2.47. The Morgan fingerprint density at radius 3 is 2.11 bits per heavy atom. The molecule has 0 unspecified atom stereocenters. The first kappa shape index (κ1) is 21.2. The lowest BCUT2D eigenvalue weighted by Gasteiger charge is -2.06. The number of aliphatic imine (C=N–C) groups is 1. The Labute approximate surface area is 203 Å². The molecule has 0 saturated carbocycles. The number of nitro groups is 1. The fourth-order valence-corrected chi connectivity index (χ4v) is 4.00. The van der Waals surface area contributed by atoms with Gasteiger partial charge in [-0.1, -0.05) is 6.07 Å². The Kier molecular flexibility index (Phi) is 5.01. The Balaban J connectivity index is 1.48. The summed E-state index contributed by atoms with van der Waals surface area (Å²) in [5.41, 5.74) is 2.68. The predicted octanol–water partition coefficient (Wildman–Crippen LogP) is 5.60. The topological polar surface area (TPSA) is 129 Å². The SMILES string of the molecule is N#Cc1c(N=Cc2ccc([N+](=O)[O-])cc2)oc(-c2ccc3c(c2)OCO3)c1-c1ccc2c(c1)OCO2. The molecule has 6 rings (SSSR count). The molecule has 0 radical (unpaired) electrons. The van der Waals surface area contributed by atoms with E-state index in [4.69, 9.17) is 23.4 Å². The summed E-state index contributed by atoms with van der Waals surface area (Å²) in [6, 6.07) is 18.8. The molecule has 0 amide bonds. The Morgan fingerprint density at radius 2 is 1.47 bits per heavy atom. The van der Waals surface area contributed by atoms with Gasteiger partial charge in [0.05, 0.1) is 4.92 Å². The van der Waals surface area contributed by atoms with E-state index in [0.29, 0.717) is 51.0 Å². The van der Waals surface area contributed by atoms with Gasteiger partial charge in [-0.15, -0.1) is 0 Å². The van der Waals surface area contributed by atoms with Crippen LogP contribution in [0.25, 0.3) is 22.5 Å². The van der Waals surface area contributed by atoms with Gasteiger partial charge in [-0.05, 0) is 53.6 Å². The third-order valence-corrected chi connectivity index (χ3v) is 5.73. The zero-order valence-corrected chi connectivity index (χ0v) is 18.5. The largest absolute Gasteiger partial charge is 0.454 e. The summed E-state index contributed by atoms with van der Waals surface area (Å²) in [4.78, 5) is 14.8. The minimum atomic E-state index is -0.476. The van der Waals surface area contributed by atoms with Crippen LogP contribution in [-0.4, -0.2) is 24.7 Å². The highest BCUT2D eigenvalue weighted by molar-refractivity contribution is 5.91. The van der Waals surface area contributed by atoms with E-state index >= 15 is 0 Å². The van der Waals surface area contributed by atoms with Crippen LogP contribution in [0, 0.1) is 21.4 Å². The lowest BCUT2D eigenvalue weighted by molar-refractivity contribution is -0.384. The van der Waals surface area contributed by atoms with E-state index < -0.39 is 4.92 Å². The standard InChI is InChI=1S/C26H15N3O7/c27-11-19-24(16-3-7-20-22(9-16)34-13-32-20)25(17-4-8-21-23(10-17)35-14-33-21)36-26(19)28-12-15-1-5-18(6-2-15)29(30)31/h1-10,12H,13-14H2. The van der Waals surface area contributed by atoms with Gasteiger partial charge in [0.25, 0.3) is 5.69 Å². The molecule has 1 aromatic heterocycles. The molecule has 10 heteroatoms. The Hall–Kier alpha value is -5.30. The molecule has 0 fully saturated rings. The molecule has 0 saturated heterocycles. The number of fused-ring (bicyclic) bond motifs is 2. The monoisotopic (exact) mass is 481 g/mol. The van der Waals surface area contributed by atoms with Crippen LogP contribution in [0.1, 0.15) is 11.1 Å². The Morgan fingerprint density at radius 1 is 0.861 bits per heavy atom. The first-order valence-corrected chi connectivity index (χ1v) is 10.8. The van der Waals surface area contributed by atoms with E-state index in [9.17, 15) is 15.4 Å². The number of furan rings is 1. The van der Waals surface area contributed by atoms with Gasteiger partial charge in [0, 0.05) is 29.5 Å². The molecule has 0 aliphatic carbocycles. The number of hydrogen-bond donors (Lipinski definition) is 0. The van der Waals surface area contributed by atoms with Gasteiger partial charge in [-0.2, -0.15) is 5.26 Å². The predicted molar refractivity (Wildman–Crippen MR) is 127 cm³/mol. The number of non-ortho nitro benzene ring substituents is 1. The molecule has 176 valence electrons. The van der Waals surface area contributed by atoms with Crippen LogP contribution in [0.5, 0.6) is 23.0 Å². The van der Waals surface area contributed by atoms with Crippen molar-refractivity contribution < 1.29 is 28.3 Å². The highest BCUT2D eigenvalue weighted by atomic mass is 16.7. The third kappa shape index (κ3) is 3.65. The number of rotatable bonds is 5. The summed E-state index contributed by atoms with van der Waals surface area (Å²) in [6.45, 7) is 0.245. The maximum Gasteiger partial charge on any atom is 0.269 e. The van der Waals surface area contributed by atoms with Crippen LogP contribution in [-0.2, 0) is 0 Å². The van der Waals surface area contributed by atoms with E-state index in [1.54, 1.807) is 36.4 Å². The molecule has 0 atom stereocenters. The molecule has 3 aromatic carbocycles. The number of nitriles is 1. The summed E-state index contributed by atoms with van der Waals surface area (Å²) < 4.78 is 28.0. The van der Waals surface area contributed by atoms with Gasteiger partial charge in [0.1, 0.15) is 17.4 Å². The lowest BCUT2D eigenvalue weighted by atomic mass is 9.97. The highest BCUT2D eigenvalue weighted by Gasteiger charge is 2.26. The molecule has 2 aliphatic heterocycles. The molecular formula is C26H15N3O7. The molecular weight excluding hydrogens is 466 g/mol. The molecule has 0 spiro atoms. The number of benzene rings is 3. The zero-order chi connectivity index (χ0) is 24.6. The molecule has 0 N–H and O–H groups in total. The van der Waals surface area contributed by atoms with Crippen LogP contribution in [0.4, 0.5) is 11.6 Å². The van der Waals surface area contributed by atoms with Crippen molar-refractivity contribution in [2.45, 2.75) is 0 Å².